The van der Waals surface area contributed by atoms with Crippen LogP contribution in [0.4, 0.5) is 0 Å². The predicted octanol–water partition coefficient (Wildman–Crippen LogP) is 1.80. The molecule has 0 aliphatic carbocycles. The van der Waals surface area contributed by atoms with E-state index in [1.54, 1.807) is 26.0 Å². The largest absolute Gasteiger partial charge is 0.527 e. The van der Waals surface area contributed by atoms with Crippen molar-refractivity contribution in [3.8, 4) is 5.75 Å². The van der Waals surface area contributed by atoms with Crippen LogP contribution in [0.25, 0.3) is 0 Å². The Bertz CT molecular complexity index is 1130. The lowest BCUT2D eigenvalue weighted by atomic mass is 10.1. The highest BCUT2D eigenvalue weighted by Gasteiger charge is 2.56. The number of para-hydroxylation sites is 1. The summed E-state index contributed by atoms with van der Waals surface area (Å²) in [6, 6.07) is 7.32. The van der Waals surface area contributed by atoms with E-state index in [-0.39, 0.29) is 10.8 Å². The molecule has 2 aliphatic rings. The van der Waals surface area contributed by atoms with Gasteiger partial charge in [0.25, 0.3) is 5.56 Å². The van der Waals surface area contributed by atoms with Crippen LogP contribution in [0.1, 0.15) is 20.1 Å². The maximum atomic E-state index is 12.4. The van der Waals surface area contributed by atoms with E-state index in [0.29, 0.717) is 0 Å². The minimum absolute atomic E-state index is 0.0144. The quantitative estimate of drug-likeness (QED) is 0.600. The zero-order valence-electron chi connectivity index (χ0n) is 16.5. The number of phosphoric ester groups is 1. The standard InChI is InChI=1S/C18H20ClN2O9P/c1-18(2)28-14-12(9-26-31(24,25)30-11-6-4-3-5-10(11)19)27-16(15(14)29-18)21-8-7-13(22)20-17(21)23/h3-8,12,14-16H,9H2,1-2H3,(H,24,25)(H,20,22,23)/t12-,14-,15-,16+/m1/s1. The first kappa shape index (κ1) is 22.2. The van der Waals surface area contributed by atoms with Crippen LogP contribution in [-0.4, -0.2) is 45.2 Å². The van der Waals surface area contributed by atoms with Crippen LogP contribution in [0.5, 0.6) is 5.75 Å². The third-order valence-electron chi connectivity index (χ3n) is 4.70. The molecule has 2 saturated heterocycles. The van der Waals surface area contributed by atoms with Crippen molar-refractivity contribution in [2.24, 2.45) is 0 Å². The van der Waals surface area contributed by atoms with Crippen LogP contribution < -0.4 is 15.8 Å². The Labute approximate surface area is 181 Å². The maximum Gasteiger partial charge on any atom is 0.527 e. The van der Waals surface area contributed by atoms with Crippen molar-refractivity contribution in [2.45, 2.75) is 44.2 Å². The van der Waals surface area contributed by atoms with Gasteiger partial charge in [0.1, 0.15) is 24.1 Å². The summed E-state index contributed by atoms with van der Waals surface area (Å²) < 4.78 is 41.2. The van der Waals surface area contributed by atoms with E-state index in [1.165, 1.54) is 24.4 Å². The molecule has 2 fully saturated rings. The fourth-order valence-electron chi connectivity index (χ4n) is 3.48. The Hall–Kier alpha value is -1.98. The summed E-state index contributed by atoms with van der Waals surface area (Å²) in [5, 5.41) is 0.143. The Morgan fingerprint density at radius 1 is 1.23 bits per heavy atom. The van der Waals surface area contributed by atoms with Crippen molar-refractivity contribution in [3.63, 3.8) is 0 Å². The number of hydrogen-bond acceptors (Lipinski definition) is 8. The fraction of sp³-hybridized carbons (Fsp3) is 0.444. The lowest BCUT2D eigenvalue weighted by molar-refractivity contribution is -0.200. The molecule has 2 aromatic rings. The number of benzene rings is 1. The molecule has 1 aromatic heterocycles. The number of phosphoric acid groups is 1. The molecule has 5 atom stereocenters. The maximum absolute atomic E-state index is 12.4. The van der Waals surface area contributed by atoms with E-state index in [9.17, 15) is 19.0 Å². The molecule has 1 aromatic carbocycles. The van der Waals surface area contributed by atoms with Crippen LogP contribution >= 0.6 is 19.4 Å². The molecule has 168 valence electrons. The van der Waals surface area contributed by atoms with E-state index in [0.717, 1.165) is 4.57 Å². The van der Waals surface area contributed by atoms with Gasteiger partial charge in [-0.1, -0.05) is 23.7 Å². The molecule has 13 heteroatoms. The topological polar surface area (TPSA) is 138 Å². The van der Waals surface area contributed by atoms with E-state index in [4.69, 9.17) is 34.9 Å². The van der Waals surface area contributed by atoms with Crippen molar-refractivity contribution in [1.82, 2.24) is 9.55 Å². The van der Waals surface area contributed by atoms with Crippen LogP contribution in [0.3, 0.4) is 0 Å². The van der Waals surface area contributed by atoms with E-state index < -0.39 is 56.0 Å². The molecule has 11 nitrogen and oxygen atoms in total. The molecule has 0 spiro atoms. The zero-order chi connectivity index (χ0) is 22.4. The molecular formula is C18H20ClN2O9P. The molecule has 0 saturated carbocycles. The minimum Gasteiger partial charge on any atom is -0.403 e. The monoisotopic (exact) mass is 474 g/mol. The average Bonchev–Trinajstić information content (AvgIpc) is 3.15. The van der Waals surface area contributed by atoms with E-state index >= 15 is 0 Å². The van der Waals surface area contributed by atoms with E-state index in [2.05, 4.69) is 4.98 Å². The van der Waals surface area contributed by atoms with Gasteiger partial charge in [0, 0.05) is 12.3 Å². The summed E-state index contributed by atoms with van der Waals surface area (Å²) in [6.45, 7) is 2.98. The number of aromatic nitrogens is 2. The first-order valence-corrected chi connectivity index (χ1v) is 11.2. The Morgan fingerprint density at radius 2 is 1.94 bits per heavy atom. The van der Waals surface area contributed by atoms with Gasteiger partial charge >= 0.3 is 13.5 Å². The molecule has 2 aliphatic heterocycles. The van der Waals surface area contributed by atoms with Gasteiger partial charge in [0.15, 0.2) is 12.0 Å². The molecule has 0 radical (unpaired) electrons. The van der Waals surface area contributed by atoms with Crippen molar-refractivity contribution in [1.29, 1.82) is 0 Å². The molecule has 4 rings (SSSR count). The van der Waals surface area contributed by atoms with Crippen molar-refractivity contribution in [3.05, 3.63) is 62.4 Å². The summed E-state index contributed by atoms with van der Waals surface area (Å²) in [5.41, 5.74) is -1.25. The van der Waals surface area contributed by atoms with Gasteiger partial charge in [-0.3, -0.25) is 23.8 Å². The second kappa shape index (κ2) is 8.18. The average molecular weight is 475 g/mol. The second-order valence-electron chi connectivity index (χ2n) is 7.43. The number of rotatable bonds is 6. The molecule has 1 unspecified atom stereocenters. The van der Waals surface area contributed by atoms with Crippen LogP contribution in [0, 0.1) is 0 Å². The van der Waals surface area contributed by atoms with E-state index in [1.807, 2.05) is 0 Å². The normalized spacial score (nSPS) is 28.8. The molecule has 0 amide bonds. The summed E-state index contributed by atoms with van der Waals surface area (Å²) >= 11 is 5.94. The number of H-pyrrole nitrogens is 1. The van der Waals surface area contributed by atoms with Gasteiger partial charge in [-0.2, -0.15) is 0 Å². The van der Waals surface area contributed by atoms with Gasteiger partial charge in [-0.15, -0.1) is 0 Å². The van der Waals surface area contributed by atoms with Crippen molar-refractivity contribution in [2.75, 3.05) is 6.61 Å². The number of ether oxygens (including phenoxy) is 3. The first-order chi connectivity index (χ1) is 14.5. The highest BCUT2D eigenvalue weighted by atomic mass is 35.5. The number of nitrogens with one attached hydrogen (secondary N) is 1. The molecule has 2 N–H and O–H groups in total. The first-order valence-electron chi connectivity index (χ1n) is 9.29. The van der Waals surface area contributed by atoms with Gasteiger partial charge in [-0.05, 0) is 26.0 Å². The van der Waals surface area contributed by atoms with Gasteiger partial charge in [0.05, 0.1) is 11.6 Å². The SMILES string of the molecule is CC1(C)O[C@@H]2[C@H](O1)[C@@H](COP(=O)(O)Oc1ccccc1Cl)O[C@@H]2n1ccc(=O)[nH]c1=O. The third kappa shape index (κ3) is 4.78. The number of halogens is 1. The summed E-state index contributed by atoms with van der Waals surface area (Å²) in [5.74, 6) is -1.00. The van der Waals surface area contributed by atoms with Crippen molar-refractivity contribution < 1.29 is 32.7 Å². The highest BCUT2D eigenvalue weighted by Crippen LogP contribution is 2.48. The van der Waals surface area contributed by atoms with Crippen LogP contribution in [-0.2, 0) is 23.3 Å². The lowest BCUT2D eigenvalue weighted by Gasteiger charge is -2.25. The van der Waals surface area contributed by atoms with Gasteiger partial charge < -0.3 is 18.7 Å². The molecule has 0 bridgehead atoms. The van der Waals surface area contributed by atoms with Crippen LogP contribution in [0.15, 0.2) is 46.1 Å². The number of nitrogens with zero attached hydrogens (tertiary/aromatic N) is 1. The predicted molar refractivity (Wildman–Crippen MR) is 107 cm³/mol. The van der Waals surface area contributed by atoms with Gasteiger partial charge in [-0.25, -0.2) is 9.36 Å². The van der Waals surface area contributed by atoms with Gasteiger partial charge in [0.2, 0.25) is 0 Å². The fourth-order valence-corrected chi connectivity index (χ4v) is 4.51. The molecular weight excluding hydrogens is 455 g/mol. The summed E-state index contributed by atoms with van der Waals surface area (Å²) in [4.78, 5) is 35.8. The molecule has 31 heavy (non-hydrogen) atoms. The minimum atomic E-state index is -4.55. The number of fused-ring (bicyclic) bond motifs is 1. The highest BCUT2D eigenvalue weighted by molar-refractivity contribution is 7.47. The Morgan fingerprint density at radius 3 is 2.65 bits per heavy atom. The Balaban J connectivity index is 1.51. The third-order valence-corrected chi connectivity index (χ3v) is 5.92. The molecule has 3 heterocycles. The summed E-state index contributed by atoms with van der Waals surface area (Å²) in [6.07, 6.45) is -1.98. The smallest absolute Gasteiger partial charge is 0.403 e. The number of aromatic amines is 1. The second-order valence-corrected chi connectivity index (χ2v) is 9.22. The Kier molecular flexibility index (Phi) is 5.86. The lowest BCUT2D eigenvalue weighted by Crippen LogP contribution is -2.37. The van der Waals surface area contributed by atoms with Crippen molar-refractivity contribution >= 4 is 19.4 Å². The summed E-state index contributed by atoms with van der Waals surface area (Å²) in [7, 11) is -4.55. The zero-order valence-corrected chi connectivity index (χ0v) is 18.1. The number of hydrogen-bond donors (Lipinski definition) is 2. The van der Waals surface area contributed by atoms with Crippen LogP contribution in [0.2, 0.25) is 5.02 Å².